The van der Waals surface area contributed by atoms with E-state index in [1.165, 1.54) is 0 Å². The van der Waals surface area contributed by atoms with Crippen molar-refractivity contribution >= 4 is 6.09 Å². The van der Waals surface area contributed by atoms with Crippen molar-refractivity contribution in [2.24, 2.45) is 5.92 Å². The van der Waals surface area contributed by atoms with E-state index in [0.717, 1.165) is 5.56 Å². The molecule has 96 valence electrons. The average Bonchev–Trinajstić information content (AvgIpc) is 2.37. The van der Waals surface area contributed by atoms with Gasteiger partial charge in [-0.2, -0.15) is 0 Å². The Kier molecular flexibility index (Phi) is 5.79. The lowest BCUT2D eigenvalue weighted by Gasteiger charge is -2.14. The summed E-state index contributed by atoms with van der Waals surface area (Å²) in [5.41, 5.74) is 1.09. The van der Waals surface area contributed by atoms with Crippen LogP contribution in [0.3, 0.4) is 0 Å². The van der Waals surface area contributed by atoms with Gasteiger partial charge in [0, 0.05) is 6.42 Å². The van der Waals surface area contributed by atoms with Gasteiger partial charge in [0.05, 0.1) is 12.6 Å². The van der Waals surface area contributed by atoms with Gasteiger partial charge >= 0.3 is 6.09 Å². The summed E-state index contributed by atoms with van der Waals surface area (Å²) in [5.74, 6) is 2.87. The summed E-state index contributed by atoms with van der Waals surface area (Å²) in [5, 5.41) is 2.67. The summed E-state index contributed by atoms with van der Waals surface area (Å²) in [4.78, 5) is 11.5. The van der Waals surface area contributed by atoms with Crippen LogP contribution in [-0.4, -0.2) is 18.7 Å². The van der Waals surface area contributed by atoms with Crippen LogP contribution in [0, 0.1) is 18.3 Å². The predicted molar refractivity (Wildman–Crippen MR) is 72.1 cm³/mol. The van der Waals surface area contributed by atoms with Gasteiger partial charge in [-0.15, -0.1) is 6.42 Å². The Labute approximate surface area is 109 Å². The molecule has 0 aliphatic carbocycles. The van der Waals surface area contributed by atoms with Crippen LogP contribution in [0.15, 0.2) is 30.3 Å². The highest BCUT2D eigenvalue weighted by Gasteiger charge is 2.11. The van der Waals surface area contributed by atoms with E-state index in [0.29, 0.717) is 18.9 Å². The first-order valence-electron chi connectivity index (χ1n) is 6.05. The molecule has 0 bridgehead atoms. The van der Waals surface area contributed by atoms with Crippen molar-refractivity contribution in [2.45, 2.75) is 26.3 Å². The Balaban J connectivity index is 2.43. The maximum Gasteiger partial charge on any atom is 0.408 e. The third kappa shape index (κ3) is 5.40. The Morgan fingerprint density at radius 2 is 2.06 bits per heavy atom. The highest BCUT2D eigenvalue weighted by molar-refractivity contribution is 5.68. The van der Waals surface area contributed by atoms with Crippen molar-refractivity contribution in [3.8, 4) is 12.3 Å². The van der Waals surface area contributed by atoms with E-state index < -0.39 is 6.09 Å². The van der Waals surface area contributed by atoms with Gasteiger partial charge in [-0.25, -0.2) is 4.79 Å². The molecule has 0 unspecified atom stereocenters. The number of terminal acetylenes is 1. The molecule has 0 saturated heterocycles. The number of rotatable bonds is 5. The normalized spacial score (nSPS) is 11.7. The standard InChI is InChI=1S/C15H19NO2/c1-4-14(10-13-8-6-5-7-9-13)16-15(17)18-11-12(2)3/h1,5-9,12,14H,10-11H2,2-3H3,(H,16,17)/t14-/m1/s1. The minimum Gasteiger partial charge on any atom is -0.449 e. The molecule has 3 heteroatoms. The van der Waals surface area contributed by atoms with E-state index in [-0.39, 0.29) is 6.04 Å². The molecule has 0 aliphatic rings. The highest BCUT2D eigenvalue weighted by atomic mass is 16.5. The van der Waals surface area contributed by atoms with E-state index in [1.54, 1.807) is 0 Å². The second-order valence-electron chi connectivity index (χ2n) is 4.55. The van der Waals surface area contributed by atoms with Gasteiger partial charge in [0.1, 0.15) is 0 Å². The lowest BCUT2D eigenvalue weighted by atomic mass is 10.1. The average molecular weight is 245 g/mol. The van der Waals surface area contributed by atoms with Crippen LogP contribution >= 0.6 is 0 Å². The van der Waals surface area contributed by atoms with Crippen molar-refractivity contribution < 1.29 is 9.53 Å². The molecule has 1 rings (SSSR count). The molecule has 1 aromatic carbocycles. The summed E-state index contributed by atoms with van der Waals surface area (Å²) in [7, 11) is 0. The van der Waals surface area contributed by atoms with E-state index in [1.807, 2.05) is 44.2 Å². The number of ether oxygens (including phenoxy) is 1. The summed E-state index contributed by atoms with van der Waals surface area (Å²) < 4.78 is 5.03. The summed E-state index contributed by atoms with van der Waals surface area (Å²) in [6, 6.07) is 9.45. The van der Waals surface area contributed by atoms with Crippen LogP contribution in [0.4, 0.5) is 4.79 Å². The molecule has 0 spiro atoms. The van der Waals surface area contributed by atoms with Gasteiger partial charge in [-0.05, 0) is 11.5 Å². The van der Waals surface area contributed by atoms with Crippen LogP contribution in [0.25, 0.3) is 0 Å². The van der Waals surface area contributed by atoms with Crippen LogP contribution in [-0.2, 0) is 11.2 Å². The van der Waals surface area contributed by atoms with Gasteiger partial charge < -0.3 is 10.1 Å². The van der Waals surface area contributed by atoms with E-state index >= 15 is 0 Å². The summed E-state index contributed by atoms with van der Waals surface area (Å²) >= 11 is 0. The van der Waals surface area contributed by atoms with Crippen molar-refractivity contribution in [3.05, 3.63) is 35.9 Å². The minimum absolute atomic E-state index is 0.314. The maximum atomic E-state index is 11.5. The number of nitrogens with one attached hydrogen (secondary N) is 1. The molecule has 1 N–H and O–H groups in total. The molecule has 0 fully saturated rings. The van der Waals surface area contributed by atoms with Crippen molar-refractivity contribution in [1.82, 2.24) is 5.32 Å². The number of alkyl carbamates (subject to hydrolysis) is 1. The Morgan fingerprint density at radius 3 is 2.61 bits per heavy atom. The smallest absolute Gasteiger partial charge is 0.408 e. The number of hydrogen-bond acceptors (Lipinski definition) is 2. The van der Waals surface area contributed by atoms with Crippen LogP contribution < -0.4 is 5.32 Å². The fraction of sp³-hybridized carbons (Fsp3) is 0.400. The lowest BCUT2D eigenvalue weighted by molar-refractivity contribution is 0.131. The molecular weight excluding hydrogens is 226 g/mol. The first-order chi connectivity index (χ1) is 8.61. The van der Waals surface area contributed by atoms with Gasteiger partial charge in [0.25, 0.3) is 0 Å². The van der Waals surface area contributed by atoms with Crippen LogP contribution in [0.5, 0.6) is 0 Å². The zero-order chi connectivity index (χ0) is 13.4. The third-order valence-corrected chi connectivity index (χ3v) is 2.32. The Hall–Kier alpha value is -1.95. The Bertz CT molecular complexity index is 406. The maximum absolute atomic E-state index is 11.5. The van der Waals surface area contributed by atoms with E-state index in [4.69, 9.17) is 11.2 Å². The fourth-order valence-electron chi connectivity index (χ4n) is 1.43. The molecule has 18 heavy (non-hydrogen) atoms. The number of carbonyl (C=O) groups is 1. The molecule has 0 radical (unpaired) electrons. The van der Waals surface area contributed by atoms with Crippen molar-refractivity contribution in [3.63, 3.8) is 0 Å². The highest BCUT2D eigenvalue weighted by Crippen LogP contribution is 2.03. The predicted octanol–water partition coefficient (Wildman–Crippen LogP) is 2.61. The molecule has 0 aliphatic heterocycles. The molecule has 3 nitrogen and oxygen atoms in total. The monoisotopic (exact) mass is 245 g/mol. The molecular formula is C15H19NO2. The molecule has 1 aromatic rings. The van der Waals surface area contributed by atoms with Gasteiger partial charge in [-0.3, -0.25) is 0 Å². The molecule has 1 atom stereocenters. The second kappa shape index (κ2) is 7.39. The van der Waals surface area contributed by atoms with Gasteiger partial charge in [0.2, 0.25) is 0 Å². The molecule has 0 saturated carbocycles. The Morgan fingerprint density at radius 1 is 1.39 bits per heavy atom. The summed E-state index contributed by atoms with van der Waals surface area (Å²) in [6.07, 6.45) is 5.55. The number of hydrogen-bond donors (Lipinski definition) is 1. The fourth-order valence-corrected chi connectivity index (χ4v) is 1.43. The molecule has 0 aromatic heterocycles. The largest absolute Gasteiger partial charge is 0.449 e. The zero-order valence-corrected chi connectivity index (χ0v) is 10.8. The van der Waals surface area contributed by atoms with Crippen molar-refractivity contribution in [1.29, 1.82) is 0 Å². The second-order valence-corrected chi connectivity index (χ2v) is 4.55. The van der Waals surface area contributed by atoms with E-state index in [9.17, 15) is 4.79 Å². The summed E-state index contributed by atoms with van der Waals surface area (Å²) in [6.45, 7) is 4.36. The lowest BCUT2D eigenvalue weighted by Crippen LogP contribution is -2.36. The molecule has 0 heterocycles. The van der Waals surface area contributed by atoms with Gasteiger partial charge in [-0.1, -0.05) is 50.1 Å². The third-order valence-electron chi connectivity index (χ3n) is 2.32. The first-order valence-corrected chi connectivity index (χ1v) is 6.05. The van der Waals surface area contributed by atoms with Gasteiger partial charge in [0.15, 0.2) is 0 Å². The number of benzene rings is 1. The SMILES string of the molecule is C#C[C@H](Cc1ccccc1)NC(=O)OCC(C)C. The number of amides is 1. The topological polar surface area (TPSA) is 38.3 Å². The quantitative estimate of drug-likeness (QED) is 0.810. The van der Waals surface area contributed by atoms with Crippen LogP contribution in [0.2, 0.25) is 0 Å². The van der Waals surface area contributed by atoms with E-state index in [2.05, 4.69) is 11.2 Å². The zero-order valence-electron chi connectivity index (χ0n) is 10.8. The van der Waals surface area contributed by atoms with Crippen LogP contribution in [0.1, 0.15) is 19.4 Å². The number of carbonyl (C=O) groups excluding carboxylic acids is 1. The minimum atomic E-state index is -0.456. The molecule has 1 amide bonds. The van der Waals surface area contributed by atoms with Crippen molar-refractivity contribution in [2.75, 3.05) is 6.61 Å². The first kappa shape index (κ1) is 14.1.